The van der Waals surface area contributed by atoms with E-state index < -0.39 is 0 Å². The van der Waals surface area contributed by atoms with E-state index in [1.807, 2.05) is 54.6 Å². The van der Waals surface area contributed by atoms with E-state index in [9.17, 15) is 4.79 Å². The Morgan fingerprint density at radius 2 is 2.00 bits per heavy atom. The Hall–Kier alpha value is -2.20. The van der Waals surface area contributed by atoms with Crippen LogP contribution in [0, 0.1) is 0 Å². The molecule has 0 fully saturated rings. The molecule has 0 aromatic heterocycles. The van der Waals surface area contributed by atoms with E-state index in [0.717, 1.165) is 21.9 Å². The van der Waals surface area contributed by atoms with Crippen LogP contribution >= 0.6 is 11.8 Å². The zero-order valence-corrected chi connectivity index (χ0v) is 11.7. The number of hydrogen-bond donors (Lipinski definition) is 1. The van der Waals surface area contributed by atoms with Crippen LogP contribution in [-0.4, -0.2) is 13.0 Å². The van der Waals surface area contributed by atoms with Crippen molar-refractivity contribution in [3.8, 4) is 5.75 Å². The molecule has 0 spiro atoms. The lowest BCUT2D eigenvalue weighted by molar-refractivity contribution is -0.112. The quantitative estimate of drug-likeness (QED) is 0.852. The zero-order valence-electron chi connectivity index (χ0n) is 10.9. The van der Waals surface area contributed by atoms with Crippen LogP contribution in [0.15, 0.2) is 58.3 Å². The second-order valence-electron chi connectivity index (χ2n) is 4.34. The summed E-state index contributed by atoms with van der Waals surface area (Å²) in [6.45, 7) is 0. The Balaban J connectivity index is 1.94. The fourth-order valence-corrected chi connectivity index (χ4v) is 2.94. The molecular formula is C16H13NO2S. The third kappa shape index (κ3) is 2.56. The van der Waals surface area contributed by atoms with Crippen LogP contribution < -0.4 is 10.1 Å². The summed E-state index contributed by atoms with van der Waals surface area (Å²) in [4.78, 5) is 13.8. The van der Waals surface area contributed by atoms with Crippen LogP contribution in [0.25, 0.3) is 6.08 Å². The van der Waals surface area contributed by atoms with Gasteiger partial charge in [0.05, 0.1) is 17.7 Å². The summed E-state index contributed by atoms with van der Waals surface area (Å²) in [5, 5.41) is 2.90. The molecule has 0 bridgehead atoms. The second-order valence-corrected chi connectivity index (χ2v) is 5.42. The van der Waals surface area contributed by atoms with Gasteiger partial charge in [0.2, 0.25) is 0 Å². The number of rotatable bonds is 2. The predicted octanol–water partition coefficient (Wildman–Crippen LogP) is 3.78. The normalized spacial score (nSPS) is 15.7. The first kappa shape index (κ1) is 12.8. The molecule has 2 aromatic carbocycles. The maximum Gasteiger partial charge on any atom is 0.262 e. The Morgan fingerprint density at radius 3 is 2.85 bits per heavy atom. The number of nitrogens with one attached hydrogen (secondary N) is 1. The van der Waals surface area contributed by atoms with Gasteiger partial charge in [-0.2, -0.15) is 0 Å². The highest BCUT2D eigenvalue weighted by molar-refractivity contribution is 8.04. The zero-order chi connectivity index (χ0) is 13.9. The third-order valence-corrected chi connectivity index (χ3v) is 4.07. The van der Waals surface area contributed by atoms with Crippen molar-refractivity contribution in [1.82, 2.24) is 0 Å². The summed E-state index contributed by atoms with van der Waals surface area (Å²) in [6.07, 6.45) is 1.87. The Morgan fingerprint density at radius 1 is 1.15 bits per heavy atom. The Labute approximate surface area is 121 Å². The number of carbonyl (C=O) groups is 1. The van der Waals surface area contributed by atoms with Crippen LogP contribution in [0.3, 0.4) is 0 Å². The summed E-state index contributed by atoms with van der Waals surface area (Å²) >= 11 is 1.48. The molecule has 0 atom stereocenters. The lowest BCUT2D eigenvalue weighted by atomic mass is 10.2. The van der Waals surface area contributed by atoms with Crippen molar-refractivity contribution in [2.75, 3.05) is 12.4 Å². The average molecular weight is 283 g/mol. The van der Waals surface area contributed by atoms with Gasteiger partial charge >= 0.3 is 0 Å². The third-order valence-electron chi connectivity index (χ3n) is 2.97. The molecule has 1 amide bonds. The minimum absolute atomic E-state index is 0.0727. The van der Waals surface area contributed by atoms with Crippen LogP contribution in [0.4, 0.5) is 5.69 Å². The van der Waals surface area contributed by atoms with Crippen molar-refractivity contribution in [1.29, 1.82) is 0 Å². The minimum atomic E-state index is -0.0727. The molecular weight excluding hydrogens is 270 g/mol. The highest BCUT2D eigenvalue weighted by Crippen LogP contribution is 2.38. The van der Waals surface area contributed by atoms with Crippen molar-refractivity contribution in [3.05, 3.63) is 59.0 Å². The van der Waals surface area contributed by atoms with E-state index in [1.54, 1.807) is 7.11 Å². The van der Waals surface area contributed by atoms with Crippen molar-refractivity contribution >= 4 is 29.4 Å². The van der Waals surface area contributed by atoms with Crippen molar-refractivity contribution in [2.24, 2.45) is 0 Å². The molecule has 4 heteroatoms. The number of carbonyl (C=O) groups excluding carboxylic acids is 1. The second kappa shape index (κ2) is 5.43. The maximum absolute atomic E-state index is 12.1. The number of amides is 1. The van der Waals surface area contributed by atoms with Gasteiger partial charge in [-0.15, -0.1) is 0 Å². The molecule has 2 aromatic rings. The Bertz CT molecular complexity index is 694. The van der Waals surface area contributed by atoms with Gasteiger partial charge in [0.25, 0.3) is 5.91 Å². The van der Waals surface area contributed by atoms with E-state index in [-0.39, 0.29) is 5.91 Å². The van der Waals surface area contributed by atoms with E-state index in [2.05, 4.69) is 5.32 Å². The first-order chi connectivity index (χ1) is 9.76. The predicted molar refractivity (Wildman–Crippen MR) is 81.9 cm³/mol. The molecule has 1 aliphatic rings. The molecule has 1 aliphatic heterocycles. The van der Waals surface area contributed by atoms with Crippen LogP contribution in [0.1, 0.15) is 5.56 Å². The molecule has 3 rings (SSSR count). The van der Waals surface area contributed by atoms with Gasteiger partial charge in [-0.25, -0.2) is 0 Å². The highest BCUT2D eigenvalue weighted by atomic mass is 32.2. The van der Waals surface area contributed by atoms with Crippen LogP contribution in [0.5, 0.6) is 5.75 Å². The van der Waals surface area contributed by atoms with Gasteiger partial charge in [-0.1, -0.05) is 36.0 Å². The smallest absolute Gasteiger partial charge is 0.262 e. The van der Waals surface area contributed by atoms with Gasteiger partial charge in [-0.3, -0.25) is 4.79 Å². The van der Waals surface area contributed by atoms with Gasteiger partial charge in [0, 0.05) is 4.90 Å². The fraction of sp³-hybridized carbons (Fsp3) is 0.0625. The fourth-order valence-electron chi connectivity index (χ4n) is 1.99. The van der Waals surface area contributed by atoms with Crippen molar-refractivity contribution < 1.29 is 9.53 Å². The Kier molecular flexibility index (Phi) is 3.48. The number of ether oxygens (including phenoxy) is 1. The largest absolute Gasteiger partial charge is 0.497 e. The lowest BCUT2D eigenvalue weighted by Crippen LogP contribution is -2.17. The number of methoxy groups -OCH3 is 1. The molecule has 0 saturated heterocycles. The van der Waals surface area contributed by atoms with Crippen LogP contribution in [-0.2, 0) is 4.79 Å². The van der Waals surface area contributed by atoms with Gasteiger partial charge in [0.1, 0.15) is 5.75 Å². The molecule has 20 heavy (non-hydrogen) atoms. The molecule has 0 radical (unpaired) electrons. The van der Waals surface area contributed by atoms with Gasteiger partial charge in [0.15, 0.2) is 0 Å². The minimum Gasteiger partial charge on any atom is -0.497 e. The molecule has 1 N–H and O–H groups in total. The first-order valence-electron chi connectivity index (χ1n) is 6.20. The van der Waals surface area contributed by atoms with Crippen LogP contribution in [0.2, 0.25) is 0 Å². The SMILES string of the molecule is COc1cccc(/C=C2\Sc3ccccc3NC2=O)c1. The summed E-state index contributed by atoms with van der Waals surface area (Å²) in [5.74, 6) is 0.706. The van der Waals surface area contributed by atoms with E-state index in [0.29, 0.717) is 4.91 Å². The molecule has 0 saturated carbocycles. The number of hydrogen-bond acceptors (Lipinski definition) is 3. The van der Waals surface area contributed by atoms with E-state index in [4.69, 9.17) is 4.74 Å². The summed E-state index contributed by atoms with van der Waals surface area (Å²) in [7, 11) is 1.63. The standard InChI is InChI=1S/C16H13NO2S/c1-19-12-6-4-5-11(9-12)10-15-16(18)17-13-7-2-3-8-14(13)20-15/h2-10H,1H3,(H,17,18)/b15-10-. The highest BCUT2D eigenvalue weighted by Gasteiger charge is 2.20. The van der Waals surface area contributed by atoms with Crippen molar-refractivity contribution in [3.63, 3.8) is 0 Å². The average Bonchev–Trinajstić information content (AvgIpc) is 2.48. The molecule has 100 valence electrons. The molecule has 3 nitrogen and oxygen atoms in total. The lowest BCUT2D eigenvalue weighted by Gasteiger charge is -2.18. The van der Waals surface area contributed by atoms with Gasteiger partial charge in [-0.05, 0) is 35.9 Å². The number of benzene rings is 2. The van der Waals surface area contributed by atoms with E-state index in [1.165, 1.54) is 11.8 Å². The topological polar surface area (TPSA) is 38.3 Å². The summed E-state index contributed by atoms with van der Waals surface area (Å²) < 4.78 is 5.19. The summed E-state index contributed by atoms with van der Waals surface area (Å²) in [5.41, 5.74) is 1.81. The number of fused-ring (bicyclic) bond motifs is 1. The number of para-hydroxylation sites is 1. The molecule has 1 heterocycles. The van der Waals surface area contributed by atoms with Crippen molar-refractivity contribution in [2.45, 2.75) is 4.90 Å². The summed E-state index contributed by atoms with van der Waals surface area (Å²) in [6, 6.07) is 15.4. The van der Waals surface area contributed by atoms with E-state index >= 15 is 0 Å². The number of anilines is 1. The monoisotopic (exact) mass is 283 g/mol. The first-order valence-corrected chi connectivity index (χ1v) is 7.02. The molecule has 0 unspecified atom stereocenters. The van der Waals surface area contributed by atoms with Gasteiger partial charge < -0.3 is 10.1 Å². The number of thioether (sulfide) groups is 1. The molecule has 0 aliphatic carbocycles. The maximum atomic E-state index is 12.1.